The first-order valence-corrected chi connectivity index (χ1v) is 9.73. The second kappa shape index (κ2) is 8.42. The van der Waals surface area contributed by atoms with Gasteiger partial charge in [0.25, 0.3) is 5.69 Å². The van der Waals surface area contributed by atoms with E-state index in [0.29, 0.717) is 23.1 Å². The average Bonchev–Trinajstić information content (AvgIpc) is 2.76. The number of ether oxygens (including phenoxy) is 1. The summed E-state index contributed by atoms with van der Waals surface area (Å²) in [6.07, 6.45) is 4.17. The molecule has 0 radical (unpaired) electrons. The normalized spacial score (nSPS) is 14.5. The number of aliphatic hydroxyl groups excluding tert-OH is 1. The van der Waals surface area contributed by atoms with Crippen LogP contribution >= 0.6 is 0 Å². The molecule has 4 rings (SSSR count). The van der Waals surface area contributed by atoms with E-state index in [2.05, 4.69) is 0 Å². The zero-order valence-electron chi connectivity index (χ0n) is 16.2. The van der Waals surface area contributed by atoms with Gasteiger partial charge in [0.05, 0.1) is 28.3 Å². The fourth-order valence-electron chi connectivity index (χ4n) is 3.85. The summed E-state index contributed by atoms with van der Waals surface area (Å²) in [6, 6.07) is 13.8. The maximum atomic E-state index is 12.8. The number of nitrogens with zero attached hydrogens (tertiary/aromatic N) is 2. The molecule has 0 bridgehead atoms. The van der Waals surface area contributed by atoms with E-state index in [1.54, 1.807) is 6.07 Å². The Morgan fingerprint density at radius 3 is 2.83 bits per heavy atom. The van der Waals surface area contributed by atoms with Crippen molar-refractivity contribution in [2.24, 2.45) is 0 Å². The number of nitro groups is 1. The molecular weight excluding hydrogens is 384 g/mol. The summed E-state index contributed by atoms with van der Waals surface area (Å²) in [6.45, 7) is -0.310. The molecule has 152 valence electrons. The number of aromatic nitrogens is 1. The largest absolute Gasteiger partial charge is 0.460 e. The number of nitro benzene ring substituents is 1. The first-order valence-electron chi connectivity index (χ1n) is 9.73. The third-order valence-corrected chi connectivity index (χ3v) is 5.12. The van der Waals surface area contributed by atoms with Crippen LogP contribution in [-0.2, 0) is 11.2 Å². The van der Waals surface area contributed by atoms with Crippen LogP contribution in [0.15, 0.2) is 48.5 Å². The van der Waals surface area contributed by atoms with Crippen LogP contribution in [0.2, 0.25) is 0 Å². The highest BCUT2D eigenvalue weighted by Gasteiger charge is 2.26. The van der Waals surface area contributed by atoms with Gasteiger partial charge in [-0.1, -0.05) is 30.3 Å². The highest BCUT2D eigenvalue weighted by atomic mass is 16.6. The number of non-ortho nitro benzene ring substituents is 1. The smallest absolute Gasteiger partial charge is 0.339 e. The van der Waals surface area contributed by atoms with E-state index in [0.717, 1.165) is 35.1 Å². The molecule has 1 aliphatic rings. The quantitative estimate of drug-likeness (QED) is 0.389. The zero-order chi connectivity index (χ0) is 21.1. The summed E-state index contributed by atoms with van der Waals surface area (Å²) < 4.78 is 5.24. The highest BCUT2D eigenvalue weighted by Crippen LogP contribution is 2.36. The Balaban J connectivity index is 1.88. The average molecular weight is 404 g/mol. The molecule has 0 spiro atoms. The van der Waals surface area contributed by atoms with E-state index >= 15 is 0 Å². The summed E-state index contributed by atoms with van der Waals surface area (Å²) in [5.41, 5.74) is 4.37. The Hall–Kier alpha value is -3.58. The number of fused-ring (bicyclic) bond motifs is 2. The lowest BCUT2D eigenvalue weighted by molar-refractivity contribution is -0.384. The fourth-order valence-corrected chi connectivity index (χ4v) is 3.85. The van der Waals surface area contributed by atoms with Gasteiger partial charge in [-0.15, -0.1) is 0 Å². The van der Waals surface area contributed by atoms with Crippen LogP contribution in [0.5, 0.6) is 0 Å². The van der Waals surface area contributed by atoms with Gasteiger partial charge in [0.2, 0.25) is 0 Å². The van der Waals surface area contributed by atoms with Gasteiger partial charge < -0.3 is 9.84 Å². The first kappa shape index (κ1) is 19.7. The lowest BCUT2D eigenvalue weighted by Crippen LogP contribution is -2.16. The lowest BCUT2D eigenvalue weighted by atomic mass is 9.86. The summed E-state index contributed by atoms with van der Waals surface area (Å²) in [7, 11) is 0. The van der Waals surface area contributed by atoms with E-state index in [-0.39, 0.29) is 18.9 Å². The van der Waals surface area contributed by atoms with Gasteiger partial charge in [0, 0.05) is 17.5 Å². The molecule has 7 heteroatoms. The fraction of sp³-hybridized carbons (Fsp3) is 0.217. The van der Waals surface area contributed by atoms with E-state index in [9.17, 15) is 14.9 Å². The van der Waals surface area contributed by atoms with Gasteiger partial charge in [-0.25, -0.2) is 9.78 Å². The summed E-state index contributed by atoms with van der Waals surface area (Å²) in [5.74, 6) is -0.476. The topological polar surface area (TPSA) is 103 Å². The van der Waals surface area contributed by atoms with Crippen molar-refractivity contribution in [2.75, 3.05) is 13.2 Å². The van der Waals surface area contributed by atoms with Crippen molar-refractivity contribution in [3.8, 4) is 0 Å². The third kappa shape index (κ3) is 3.79. The number of aliphatic hydroxyl groups is 1. The number of hydrogen-bond acceptors (Lipinski definition) is 6. The molecule has 1 aromatic heterocycles. The number of rotatable bonds is 5. The van der Waals surface area contributed by atoms with Crippen LogP contribution in [0, 0.1) is 10.1 Å². The molecule has 0 fully saturated rings. The van der Waals surface area contributed by atoms with Gasteiger partial charge in [-0.05, 0) is 48.1 Å². The number of esters is 1. The predicted molar refractivity (Wildman–Crippen MR) is 113 cm³/mol. The molecule has 0 saturated carbocycles. The highest BCUT2D eigenvalue weighted by molar-refractivity contribution is 6.06. The molecule has 1 aliphatic carbocycles. The lowest BCUT2D eigenvalue weighted by Gasteiger charge is -2.22. The van der Waals surface area contributed by atoms with E-state index in [4.69, 9.17) is 14.8 Å². The molecular formula is C23H20N2O5. The molecule has 0 amide bonds. The van der Waals surface area contributed by atoms with Gasteiger partial charge in [-0.2, -0.15) is 0 Å². The molecule has 7 nitrogen and oxygen atoms in total. The van der Waals surface area contributed by atoms with Crippen molar-refractivity contribution in [1.29, 1.82) is 0 Å². The van der Waals surface area contributed by atoms with Gasteiger partial charge in [0.15, 0.2) is 0 Å². The third-order valence-electron chi connectivity index (χ3n) is 5.12. The van der Waals surface area contributed by atoms with Crippen molar-refractivity contribution in [1.82, 2.24) is 4.98 Å². The second-order valence-electron chi connectivity index (χ2n) is 7.07. The Labute approximate surface area is 172 Å². The molecule has 3 aromatic rings. The van der Waals surface area contributed by atoms with Gasteiger partial charge >= 0.3 is 5.97 Å². The number of para-hydroxylation sites is 1. The van der Waals surface area contributed by atoms with Crippen molar-refractivity contribution in [3.05, 3.63) is 81.0 Å². The Kier molecular flexibility index (Phi) is 5.54. The summed E-state index contributed by atoms with van der Waals surface area (Å²) >= 11 is 0. The zero-order valence-corrected chi connectivity index (χ0v) is 16.2. The number of hydrogen-bond donors (Lipinski definition) is 1. The molecule has 1 heterocycles. The second-order valence-corrected chi connectivity index (χ2v) is 7.07. The Morgan fingerprint density at radius 2 is 2.03 bits per heavy atom. The van der Waals surface area contributed by atoms with Crippen LogP contribution in [0.1, 0.15) is 40.0 Å². The number of benzene rings is 2. The number of carbonyl (C=O) groups excluding carboxylic acids is 1. The van der Waals surface area contributed by atoms with Crippen LogP contribution in [-0.4, -0.2) is 34.2 Å². The molecule has 1 N–H and O–H groups in total. The van der Waals surface area contributed by atoms with E-state index < -0.39 is 10.9 Å². The minimum absolute atomic E-state index is 0.0279. The Morgan fingerprint density at radius 1 is 1.20 bits per heavy atom. The van der Waals surface area contributed by atoms with Crippen molar-refractivity contribution in [2.45, 2.75) is 19.3 Å². The van der Waals surface area contributed by atoms with Crippen LogP contribution in [0.3, 0.4) is 0 Å². The monoisotopic (exact) mass is 404 g/mol. The minimum Gasteiger partial charge on any atom is -0.460 e. The van der Waals surface area contributed by atoms with E-state index in [1.807, 2.05) is 36.4 Å². The van der Waals surface area contributed by atoms with Crippen LogP contribution in [0.25, 0.3) is 22.6 Å². The molecule has 2 aromatic carbocycles. The van der Waals surface area contributed by atoms with Crippen molar-refractivity contribution >= 4 is 34.2 Å². The number of carbonyl (C=O) groups is 1. The molecule has 0 saturated heterocycles. The maximum absolute atomic E-state index is 12.8. The molecule has 30 heavy (non-hydrogen) atoms. The van der Waals surface area contributed by atoms with Gasteiger partial charge in [0.1, 0.15) is 6.61 Å². The molecule has 0 unspecified atom stereocenters. The molecule has 0 atom stereocenters. The first-order chi connectivity index (χ1) is 14.6. The Bertz CT molecular complexity index is 1170. The van der Waals surface area contributed by atoms with E-state index in [1.165, 1.54) is 12.1 Å². The maximum Gasteiger partial charge on any atom is 0.339 e. The predicted octanol–water partition coefficient (Wildman–Crippen LogP) is 4.17. The van der Waals surface area contributed by atoms with Gasteiger partial charge in [-0.3, -0.25) is 10.1 Å². The number of pyridine rings is 1. The summed E-state index contributed by atoms with van der Waals surface area (Å²) in [4.78, 5) is 28.3. The van der Waals surface area contributed by atoms with Crippen molar-refractivity contribution in [3.63, 3.8) is 0 Å². The molecule has 0 aliphatic heterocycles. The standard InChI is InChI=1S/C23H20N2O5/c26-11-12-30-23(27)21-18-8-1-2-10-20(18)24-22-16(6-4-9-19(21)22)13-15-5-3-7-17(14-15)25(28)29/h1-3,5,7-8,10,13-14,26H,4,6,9,11-12H2/b16-13+. The van der Waals surface area contributed by atoms with Crippen LogP contribution in [0.4, 0.5) is 5.69 Å². The van der Waals surface area contributed by atoms with Crippen LogP contribution < -0.4 is 0 Å². The SMILES string of the molecule is O=C(OCCO)c1c2c(nc3ccccc13)/C(=C/c1cccc([N+](=O)[O-])c1)CCC2. The van der Waals surface area contributed by atoms with Crippen molar-refractivity contribution < 1.29 is 19.6 Å². The number of allylic oxidation sites excluding steroid dienone is 1. The minimum atomic E-state index is -0.476. The summed E-state index contributed by atoms with van der Waals surface area (Å²) in [5, 5.41) is 20.9.